The number of halogens is 1. The molecule has 0 radical (unpaired) electrons. The fourth-order valence-electron chi connectivity index (χ4n) is 2.15. The number of nitrogens with zero attached hydrogens (tertiary/aromatic N) is 1. The van der Waals surface area contributed by atoms with Crippen LogP contribution in [0, 0.1) is 0 Å². The van der Waals surface area contributed by atoms with Gasteiger partial charge >= 0.3 is 0 Å². The van der Waals surface area contributed by atoms with Crippen molar-refractivity contribution in [3.8, 4) is 0 Å². The van der Waals surface area contributed by atoms with Crippen LogP contribution in [0.15, 0.2) is 35.5 Å². The van der Waals surface area contributed by atoms with Crippen LogP contribution in [0.1, 0.15) is 12.0 Å². The van der Waals surface area contributed by atoms with E-state index in [1.54, 1.807) is 0 Å². The summed E-state index contributed by atoms with van der Waals surface area (Å²) in [5.74, 6) is -0.647. The standard InChI is InChI=1S/C15H19BrN4O3/c16-13-7-11(23-20-13)9-18-15(22)12(19-14(21)8-17)6-10-4-2-1-3-5-10/h1-5,11-12H,6-9,17H2,(H,18,22)(H,19,21)/t11?,12-/m0/s1. The summed E-state index contributed by atoms with van der Waals surface area (Å²) < 4.78 is 0.717. The summed E-state index contributed by atoms with van der Waals surface area (Å²) in [6, 6.07) is 8.79. The molecule has 2 atom stereocenters. The number of hydrogen-bond acceptors (Lipinski definition) is 5. The Morgan fingerprint density at radius 3 is 2.74 bits per heavy atom. The lowest BCUT2D eigenvalue weighted by atomic mass is 10.1. The first-order valence-corrected chi connectivity index (χ1v) is 8.07. The zero-order valence-electron chi connectivity index (χ0n) is 12.5. The lowest BCUT2D eigenvalue weighted by Gasteiger charge is -2.19. The fraction of sp³-hybridized carbons (Fsp3) is 0.400. The highest BCUT2D eigenvalue weighted by Crippen LogP contribution is 2.13. The Balaban J connectivity index is 1.92. The molecule has 1 heterocycles. The molecular weight excluding hydrogens is 364 g/mol. The molecule has 0 bridgehead atoms. The van der Waals surface area contributed by atoms with Crippen LogP contribution in [0.4, 0.5) is 0 Å². The van der Waals surface area contributed by atoms with Gasteiger partial charge in [-0.2, -0.15) is 0 Å². The predicted octanol–water partition coefficient (Wildman–Crippen LogP) is 0.286. The van der Waals surface area contributed by atoms with Gasteiger partial charge in [0.15, 0.2) is 6.10 Å². The summed E-state index contributed by atoms with van der Waals surface area (Å²) in [5.41, 5.74) is 6.27. The van der Waals surface area contributed by atoms with Crippen molar-refractivity contribution in [1.82, 2.24) is 10.6 Å². The minimum atomic E-state index is -0.681. The van der Waals surface area contributed by atoms with Crippen LogP contribution in [0.5, 0.6) is 0 Å². The summed E-state index contributed by atoms with van der Waals surface area (Å²) in [6.45, 7) is 0.159. The quantitative estimate of drug-likeness (QED) is 0.629. The molecule has 0 saturated carbocycles. The van der Waals surface area contributed by atoms with Crippen molar-refractivity contribution in [3.05, 3.63) is 35.9 Å². The molecule has 2 rings (SSSR count). The van der Waals surface area contributed by atoms with Crippen LogP contribution >= 0.6 is 15.9 Å². The van der Waals surface area contributed by atoms with E-state index in [-0.39, 0.29) is 24.5 Å². The first kappa shape index (κ1) is 17.4. The molecule has 1 aliphatic heterocycles. The largest absolute Gasteiger partial charge is 0.390 e. The number of amides is 2. The second-order valence-electron chi connectivity index (χ2n) is 5.16. The van der Waals surface area contributed by atoms with E-state index in [1.165, 1.54) is 0 Å². The Bertz CT molecular complexity index is 579. The van der Waals surface area contributed by atoms with Crippen LogP contribution < -0.4 is 16.4 Å². The van der Waals surface area contributed by atoms with Gasteiger partial charge in [-0.05, 0) is 21.5 Å². The van der Waals surface area contributed by atoms with Crippen molar-refractivity contribution >= 4 is 32.4 Å². The highest BCUT2D eigenvalue weighted by atomic mass is 79.9. The average Bonchev–Trinajstić information content (AvgIpc) is 2.98. The second kappa shape index (κ2) is 8.64. The lowest BCUT2D eigenvalue weighted by Crippen LogP contribution is -2.50. The van der Waals surface area contributed by atoms with E-state index < -0.39 is 6.04 Å². The Kier molecular flexibility index (Phi) is 6.54. The highest BCUT2D eigenvalue weighted by Gasteiger charge is 2.24. The molecule has 0 aliphatic carbocycles. The number of nitrogens with two attached hydrogens (primary N) is 1. The topological polar surface area (TPSA) is 106 Å². The average molecular weight is 383 g/mol. The van der Waals surface area contributed by atoms with Gasteiger partial charge < -0.3 is 21.2 Å². The fourth-order valence-corrected chi connectivity index (χ4v) is 2.60. The molecule has 2 amide bonds. The van der Waals surface area contributed by atoms with E-state index in [4.69, 9.17) is 10.6 Å². The van der Waals surface area contributed by atoms with E-state index in [1.807, 2.05) is 30.3 Å². The molecule has 1 aliphatic rings. The van der Waals surface area contributed by atoms with Gasteiger partial charge in [0.1, 0.15) is 10.7 Å². The molecular formula is C15H19BrN4O3. The number of carbonyl (C=O) groups is 2. The minimum absolute atomic E-state index is 0.162. The molecule has 7 nitrogen and oxygen atoms in total. The molecule has 4 N–H and O–H groups in total. The second-order valence-corrected chi connectivity index (χ2v) is 6.07. The van der Waals surface area contributed by atoms with Crippen molar-refractivity contribution < 1.29 is 14.4 Å². The third kappa shape index (κ3) is 5.65. The van der Waals surface area contributed by atoms with Gasteiger partial charge in [0, 0.05) is 12.8 Å². The zero-order valence-corrected chi connectivity index (χ0v) is 14.1. The van der Waals surface area contributed by atoms with E-state index >= 15 is 0 Å². The van der Waals surface area contributed by atoms with Gasteiger partial charge in [0.2, 0.25) is 11.8 Å². The molecule has 23 heavy (non-hydrogen) atoms. The Hall–Kier alpha value is -1.93. The van der Waals surface area contributed by atoms with Gasteiger partial charge in [-0.3, -0.25) is 9.59 Å². The Labute approximate surface area is 142 Å². The molecule has 0 fully saturated rings. The normalized spacial score (nSPS) is 17.8. The predicted molar refractivity (Wildman–Crippen MR) is 90.0 cm³/mol. The maximum absolute atomic E-state index is 12.4. The van der Waals surface area contributed by atoms with Gasteiger partial charge in [-0.15, -0.1) is 0 Å². The van der Waals surface area contributed by atoms with Crippen molar-refractivity contribution in [1.29, 1.82) is 0 Å². The summed E-state index contributed by atoms with van der Waals surface area (Å²) in [6.07, 6.45) is 0.805. The van der Waals surface area contributed by atoms with Crippen LogP contribution in [-0.2, 0) is 20.8 Å². The summed E-state index contributed by atoms with van der Waals surface area (Å²) >= 11 is 3.24. The SMILES string of the molecule is NCC(=O)N[C@@H](Cc1ccccc1)C(=O)NCC1CC(Br)=NO1. The van der Waals surface area contributed by atoms with Crippen LogP contribution in [-0.4, -0.2) is 41.7 Å². The molecule has 0 aromatic heterocycles. The van der Waals surface area contributed by atoms with Crippen LogP contribution in [0.25, 0.3) is 0 Å². The van der Waals surface area contributed by atoms with Crippen molar-refractivity contribution in [2.75, 3.05) is 13.1 Å². The first-order chi connectivity index (χ1) is 11.1. The lowest BCUT2D eigenvalue weighted by molar-refractivity contribution is -0.128. The third-order valence-corrected chi connectivity index (χ3v) is 3.79. The summed E-state index contributed by atoms with van der Waals surface area (Å²) in [5, 5.41) is 9.19. The number of hydrogen-bond donors (Lipinski definition) is 3. The van der Waals surface area contributed by atoms with Crippen LogP contribution in [0.3, 0.4) is 0 Å². The number of benzene rings is 1. The number of rotatable bonds is 7. The van der Waals surface area contributed by atoms with E-state index in [2.05, 4.69) is 31.7 Å². The maximum atomic E-state index is 12.4. The van der Waals surface area contributed by atoms with Crippen molar-refractivity contribution in [2.45, 2.75) is 25.0 Å². The van der Waals surface area contributed by atoms with Gasteiger partial charge in [-0.25, -0.2) is 0 Å². The number of nitrogens with one attached hydrogen (secondary N) is 2. The zero-order chi connectivity index (χ0) is 16.7. The minimum Gasteiger partial charge on any atom is -0.390 e. The van der Waals surface area contributed by atoms with E-state index in [0.717, 1.165) is 5.56 Å². The summed E-state index contributed by atoms with van der Waals surface area (Å²) in [7, 11) is 0. The molecule has 124 valence electrons. The molecule has 1 unspecified atom stereocenters. The van der Waals surface area contributed by atoms with Crippen molar-refractivity contribution in [3.63, 3.8) is 0 Å². The van der Waals surface area contributed by atoms with Gasteiger partial charge in [0.05, 0.1) is 13.1 Å². The molecule has 1 aromatic carbocycles. The van der Waals surface area contributed by atoms with E-state index in [0.29, 0.717) is 24.0 Å². The molecule has 0 spiro atoms. The smallest absolute Gasteiger partial charge is 0.243 e. The Morgan fingerprint density at radius 1 is 1.39 bits per heavy atom. The van der Waals surface area contributed by atoms with Crippen molar-refractivity contribution in [2.24, 2.45) is 10.9 Å². The monoisotopic (exact) mass is 382 g/mol. The third-order valence-electron chi connectivity index (χ3n) is 3.32. The Morgan fingerprint density at radius 2 is 2.13 bits per heavy atom. The van der Waals surface area contributed by atoms with Gasteiger partial charge in [0.25, 0.3) is 0 Å². The first-order valence-electron chi connectivity index (χ1n) is 7.27. The highest BCUT2D eigenvalue weighted by molar-refractivity contribution is 9.18. The van der Waals surface area contributed by atoms with E-state index in [9.17, 15) is 9.59 Å². The van der Waals surface area contributed by atoms with Gasteiger partial charge in [-0.1, -0.05) is 35.5 Å². The molecule has 8 heteroatoms. The maximum Gasteiger partial charge on any atom is 0.243 e. The number of carbonyl (C=O) groups excluding carboxylic acids is 2. The molecule has 1 aromatic rings. The summed E-state index contributed by atoms with van der Waals surface area (Å²) in [4.78, 5) is 29.1. The molecule has 0 saturated heterocycles. The number of oxime groups is 1. The van der Waals surface area contributed by atoms with Crippen LogP contribution in [0.2, 0.25) is 0 Å².